The lowest BCUT2D eigenvalue weighted by atomic mass is 10.1. The van der Waals surface area contributed by atoms with E-state index in [1.54, 1.807) is 22.3 Å². The topological polar surface area (TPSA) is 86.1 Å². The van der Waals surface area contributed by atoms with Crippen LogP contribution in [0.1, 0.15) is 20.8 Å². The summed E-state index contributed by atoms with van der Waals surface area (Å²) < 4.78 is 63.4. The smallest absolute Gasteiger partial charge is 0.266 e. The largest absolute Gasteiger partial charge is 0.457 e. The molecule has 0 aliphatic heterocycles. The van der Waals surface area contributed by atoms with Crippen molar-refractivity contribution in [1.82, 2.24) is 14.8 Å². The predicted octanol–water partition coefficient (Wildman–Crippen LogP) is 5.63. The zero-order valence-corrected chi connectivity index (χ0v) is 19.5. The van der Waals surface area contributed by atoms with Crippen LogP contribution in [0, 0.1) is 11.6 Å². The van der Waals surface area contributed by atoms with Crippen molar-refractivity contribution in [1.29, 1.82) is 0 Å². The highest BCUT2D eigenvalue weighted by Crippen LogP contribution is 2.35. The minimum absolute atomic E-state index is 0.0452. The average Bonchev–Trinajstić information content (AvgIpc) is 3.40. The standard InChI is InChI=1S/C22H20F2N4O3S2/c1-22(2,3)28-10-8-18(26-28)16-12-14(23)4-6-19(16)31-15-5-7-20(17(24)13-15)33(29,30)27-21-25-9-11-32-21/h4-13H,1-3H3,(H,25,27). The SMILES string of the molecule is CC(C)(C)n1ccc(-c2cc(F)ccc2Oc2ccc(S(=O)(=O)Nc3nccs3)c(F)c2)n1. The van der Waals surface area contributed by atoms with E-state index in [2.05, 4.69) is 14.8 Å². The third-order valence-electron chi connectivity index (χ3n) is 4.57. The molecule has 2 aromatic carbocycles. The van der Waals surface area contributed by atoms with Crippen molar-refractivity contribution in [3.05, 3.63) is 71.9 Å². The summed E-state index contributed by atoms with van der Waals surface area (Å²) in [5.41, 5.74) is 0.580. The van der Waals surface area contributed by atoms with E-state index in [0.717, 1.165) is 23.5 Å². The molecule has 0 aliphatic carbocycles. The number of anilines is 1. The van der Waals surface area contributed by atoms with Crippen LogP contribution in [0.15, 0.2) is 65.1 Å². The summed E-state index contributed by atoms with van der Waals surface area (Å²) in [5.74, 6) is -1.20. The van der Waals surface area contributed by atoms with Gasteiger partial charge in [0.1, 0.15) is 28.0 Å². The van der Waals surface area contributed by atoms with Gasteiger partial charge in [-0.1, -0.05) is 0 Å². The van der Waals surface area contributed by atoms with Gasteiger partial charge < -0.3 is 4.74 Å². The number of sulfonamides is 1. The van der Waals surface area contributed by atoms with E-state index in [-0.39, 0.29) is 22.2 Å². The molecule has 11 heteroatoms. The molecule has 4 rings (SSSR count). The summed E-state index contributed by atoms with van der Waals surface area (Å²) in [6.07, 6.45) is 3.21. The van der Waals surface area contributed by atoms with Gasteiger partial charge in [0.2, 0.25) is 0 Å². The van der Waals surface area contributed by atoms with Gasteiger partial charge in [0.25, 0.3) is 10.0 Å². The molecule has 2 aromatic heterocycles. The zero-order valence-electron chi connectivity index (χ0n) is 17.9. The Morgan fingerprint density at radius 2 is 1.88 bits per heavy atom. The van der Waals surface area contributed by atoms with E-state index in [4.69, 9.17) is 4.74 Å². The van der Waals surface area contributed by atoms with Gasteiger partial charge in [0, 0.05) is 29.4 Å². The van der Waals surface area contributed by atoms with E-state index < -0.39 is 26.6 Å². The average molecular weight is 491 g/mol. The normalized spacial score (nSPS) is 12.0. The van der Waals surface area contributed by atoms with Crippen LogP contribution >= 0.6 is 11.3 Å². The van der Waals surface area contributed by atoms with Crippen molar-refractivity contribution in [3.8, 4) is 22.8 Å². The Hall–Kier alpha value is -3.31. The van der Waals surface area contributed by atoms with Gasteiger partial charge in [0.15, 0.2) is 5.13 Å². The number of halogens is 2. The van der Waals surface area contributed by atoms with Crippen LogP contribution in [-0.4, -0.2) is 23.2 Å². The maximum absolute atomic E-state index is 14.7. The second-order valence-electron chi connectivity index (χ2n) is 8.09. The van der Waals surface area contributed by atoms with E-state index in [9.17, 15) is 17.2 Å². The molecule has 0 amide bonds. The van der Waals surface area contributed by atoms with E-state index >= 15 is 0 Å². The number of hydrogen-bond acceptors (Lipinski definition) is 6. The van der Waals surface area contributed by atoms with Crippen molar-refractivity contribution < 1.29 is 21.9 Å². The van der Waals surface area contributed by atoms with Gasteiger partial charge >= 0.3 is 0 Å². The van der Waals surface area contributed by atoms with Crippen molar-refractivity contribution in [2.45, 2.75) is 31.2 Å². The van der Waals surface area contributed by atoms with E-state index in [0.29, 0.717) is 11.3 Å². The number of hydrogen-bond donors (Lipinski definition) is 1. The Kier molecular flexibility index (Phi) is 5.93. The molecule has 0 fully saturated rings. The van der Waals surface area contributed by atoms with E-state index in [1.165, 1.54) is 30.5 Å². The molecule has 0 unspecified atom stereocenters. The number of benzene rings is 2. The first kappa shape index (κ1) is 22.9. The highest BCUT2D eigenvalue weighted by molar-refractivity contribution is 7.93. The first-order valence-corrected chi connectivity index (χ1v) is 12.1. The molecule has 0 saturated heterocycles. The molecule has 1 N–H and O–H groups in total. The second kappa shape index (κ2) is 8.56. The second-order valence-corrected chi connectivity index (χ2v) is 10.6. The molecule has 0 radical (unpaired) electrons. The van der Waals surface area contributed by atoms with Gasteiger partial charge in [-0.2, -0.15) is 5.10 Å². The van der Waals surface area contributed by atoms with Crippen molar-refractivity contribution in [2.75, 3.05) is 4.72 Å². The van der Waals surface area contributed by atoms with Crippen LogP contribution in [0.5, 0.6) is 11.5 Å². The first-order chi connectivity index (χ1) is 15.5. The maximum atomic E-state index is 14.7. The predicted molar refractivity (Wildman–Crippen MR) is 122 cm³/mol. The molecule has 33 heavy (non-hydrogen) atoms. The van der Waals surface area contributed by atoms with Gasteiger partial charge in [0.05, 0.1) is 11.2 Å². The quantitative estimate of drug-likeness (QED) is 0.378. The monoisotopic (exact) mass is 490 g/mol. The molecule has 0 atom stereocenters. The molecular weight excluding hydrogens is 470 g/mol. The van der Waals surface area contributed by atoms with Crippen molar-refractivity contribution >= 4 is 26.5 Å². The summed E-state index contributed by atoms with van der Waals surface area (Å²) in [5, 5.41) is 6.22. The molecule has 2 heterocycles. The zero-order chi connectivity index (χ0) is 23.8. The lowest BCUT2D eigenvalue weighted by molar-refractivity contribution is 0.356. The van der Waals surface area contributed by atoms with Crippen LogP contribution in [0.4, 0.5) is 13.9 Å². The molecule has 7 nitrogen and oxygen atoms in total. The fraction of sp³-hybridized carbons (Fsp3) is 0.182. The molecule has 4 aromatic rings. The molecule has 0 aliphatic rings. The summed E-state index contributed by atoms with van der Waals surface area (Å²) in [6, 6.07) is 9.00. The number of aromatic nitrogens is 3. The summed E-state index contributed by atoms with van der Waals surface area (Å²) in [7, 11) is -4.17. The molecular formula is C22H20F2N4O3S2. The number of thiazole rings is 1. The van der Waals surface area contributed by atoms with Crippen LogP contribution in [-0.2, 0) is 15.6 Å². The Labute approximate surface area is 193 Å². The first-order valence-electron chi connectivity index (χ1n) is 9.79. The fourth-order valence-electron chi connectivity index (χ4n) is 2.97. The lowest BCUT2D eigenvalue weighted by Crippen LogP contribution is -2.22. The Morgan fingerprint density at radius 1 is 1.09 bits per heavy atom. The van der Waals surface area contributed by atoms with Crippen molar-refractivity contribution in [2.24, 2.45) is 0 Å². The lowest BCUT2D eigenvalue weighted by Gasteiger charge is -2.19. The molecule has 0 bridgehead atoms. The molecule has 0 saturated carbocycles. The van der Waals surface area contributed by atoms with Crippen LogP contribution in [0.25, 0.3) is 11.3 Å². The van der Waals surface area contributed by atoms with Crippen LogP contribution < -0.4 is 9.46 Å². The van der Waals surface area contributed by atoms with Crippen LogP contribution in [0.3, 0.4) is 0 Å². The summed E-state index contributed by atoms with van der Waals surface area (Å²) in [4.78, 5) is 3.29. The molecule has 0 spiro atoms. The number of nitrogens with zero attached hydrogens (tertiary/aromatic N) is 3. The highest BCUT2D eigenvalue weighted by Gasteiger charge is 2.22. The minimum atomic E-state index is -4.17. The van der Waals surface area contributed by atoms with E-state index in [1.807, 2.05) is 20.8 Å². The summed E-state index contributed by atoms with van der Waals surface area (Å²) in [6.45, 7) is 5.94. The number of nitrogens with one attached hydrogen (secondary N) is 1. The van der Waals surface area contributed by atoms with Crippen molar-refractivity contribution in [3.63, 3.8) is 0 Å². The third-order valence-corrected chi connectivity index (χ3v) is 6.76. The maximum Gasteiger partial charge on any atom is 0.266 e. The highest BCUT2D eigenvalue weighted by atomic mass is 32.2. The fourth-order valence-corrected chi connectivity index (χ4v) is 4.82. The van der Waals surface area contributed by atoms with Gasteiger partial charge in [-0.3, -0.25) is 9.40 Å². The number of ether oxygens (including phenoxy) is 1. The number of rotatable bonds is 6. The minimum Gasteiger partial charge on any atom is -0.457 e. The Bertz CT molecular complexity index is 1400. The van der Waals surface area contributed by atoms with Gasteiger partial charge in [-0.25, -0.2) is 22.2 Å². The Morgan fingerprint density at radius 3 is 2.52 bits per heavy atom. The van der Waals surface area contributed by atoms with Gasteiger partial charge in [-0.15, -0.1) is 11.3 Å². The Balaban J connectivity index is 1.64. The molecule has 172 valence electrons. The van der Waals surface area contributed by atoms with Crippen LogP contribution in [0.2, 0.25) is 0 Å². The van der Waals surface area contributed by atoms with Gasteiger partial charge in [-0.05, 0) is 57.2 Å². The summed E-state index contributed by atoms with van der Waals surface area (Å²) >= 11 is 1.07. The third kappa shape index (κ3) is 5.04.